The summed E-state index contributed by atoms with van der Waals surface area (Å²) in [5.41, 5.74) is 1.24. The van der Waals surface area contributed by atoms with Crippen LogP contribution < -0.4 is 33.7 Å². The van der Waals surface area contributed by atoms with Crippen molar-refractivity contribution in [3.8, 4) is 34.5 Å². The predicted octanol–water partition coefficient (Wildman–Crippen LogP) is 2.61. The van der Waals surface area contributed by atoms with Gasteiger partial charge in [0.25, 0.3) is 5.91 Å². The van der Waals surface area contributed by atoms with Gasteiger partial charge in [0.05, 0.1) is 42.7 Å². The Kier molecular flexibility index (Phi) is 9.88. The second-order valence-electron chi connectivity index (χ2n) is 6.69. The van der Waals surface area contributed by atoms with Gasteiger partial charge in [0, 0.05) is 35.9 Å². The summed E-state index contributed by atoms with van der Waals surface area (Å²) >= 11 is 0. The summed E-state index contributed by atoms with van der Waals surface area (Å²) in [6.07, 6.45) is 2.68. The van der Waals surface area contributed by atoms with Crippen molar-refractivity contribution in [1.29, 1.82) is 0 Å². The van der Waals surface area contributed by atoms with E-state index < -0.39 is 18.5 Å². The first-order valence-electron chi connectivity index (χ1n) is 10.1. The van der Waals surface area contributed by atoms with Crippen molar-refractivity contribution in [2.75, 3.05) is 49.3 Å². The molecule has 0 aliphatic heterocycles. The van der Waals surface area contributed by atoms with E-state index in [1.54, 1.807) is 24.3 Å². The van der Waals surface area contributed by atoms with Crippen LogP contribution in [0.4, 0.5) is 0 Å². The molecular formula is C24H29NO9. The topological polar surface area (TPSA) is 111 Å². The number of carbonyl (C=O) groups is 2. The Labute approximate surface area is 198 Å². The number of ether oxygens (including phenoxy) is 7. The SMILES string of the molecule is COc1cc(OC)c(OC)cc1/C=C/C(=O)OCC(=O)NCc1cc(OC)c(OC)cc1OC. The van der Waals surface area contributed by atoms with Crippen molar-refractivity contribution < 1.29 is 42.7 Å². The van der Waals surface area contributed by atoms with Crippen LogP contribution >= 0.6 is 0 Å². The number of carbonyl (C=O) groups excluding carboxylic acids is 2. The number of hydrogen-bond donors (Lipinski definition) is 1. The number of hydrogen-bond acceptors (Lipinski definition) is 9. The third-order valence-corrected chi connectivity index (χ3v) is 4.74. The molecule has 0 spiro atoms. The van der Waals surface area contributed by atoms with Crippen LogP contribution in [0.2, 0.25) is 0 Å². The van der Waals surface area contributed by atoms with Crippen LogP contribution in [0, 0.1) is 0 Å². The van der Waals surface area contributed by atoms with Crippen LogP contribution in [0.25, 0.3) is 6.08 Å². The van der Waals surface area contributed by atoms with Gasteiger partial charge in [-0.2, -0.15) is 0 Å². The Bertz CT molecular complexity index is 1030. The summed E-state index contributed by atoms with van der Waals surface area (Å²) in [5, 5.41) is 2.67. The monoisotopic (exact) mass is 475 g/mol. The van der Waals surface area contributed by atoms with Gasteiger partial charge >= 0.3 is 5.97 Å². The van der Waals surface area contributed by atoms with E-state index in [9.17, 15) is 9.59 Å². The minimum Gasteiger partial charge on any atom is -0.496 e. The van der Waals surface area contributed by atoms with Crippen LogP contribution in [0.3, 0.4) is 0 Å². The Hall–Kier alpha value is -4.08. The molecule has 1 N–H and O–H groups in total. The molecule has 10 nitrogen and oxygen atoms in total. The Morgan fingerprint density at radius 1 is 0.706 bits per heavy atom. The minimum absolute atomic E-state index is 0.137. The van der Waals surface area contributed by atoms with Gasteiger partial charge in [-0.15, -0.1) is 0 Å². The maximum absolute atomic E-state index is 12.2. The van der Waals surface area contributed by atoms with Crippen LogP contribution in [-0.2, 0) is 20.9 Å². The van der Waals surface area contributed by atoms with Crippen molar-refractivity contribution >= 4 is 18.0 Å². The molecule has 0 heterocycles. The molecule has 1 amide bonds. The first-order chi connectivity index (χ1) is 16.4. The van der Waals surface area contributed by atoms with Crippen LogP contribution in [0.15, 0.2) is 30.3 Å². The highest BCUT2D eigenvalue weighted by Gasteiger charge is 2.14. The zero-order chi connectivity index (χ0) is 25.1. The number of nitrogens with one attached hydrogen (secondary N) is 1. The molecule has 0 saturated carbocycles. The summed E-state index contributed by atoms with van der Waals surface area (Å²) in [7, 11) is 9.04. The quantitative estimate of drug-likeness (QED) is 0.366. The fraction of sp³-hybridized carbons (Fsp3) is 0.333. The normalized spacial score (nSPS) is 10.4. The molecular weight excluding hydrogens is 446 g/mol. The fourth-order valence-corrected chi connectivity index (χ4v) is 3.00. The molecule has 0 fully saturated rings. The van der Waals surface area contributed by atoms with E-state index in [2.05, 4.69) is 5.32 Å². The molecule has 0 aromatic heterocycles. The Morgan fingerprint density at radius 2 is 1.21 bits per heavy atom. The maximum Gasteiger partial charge on any atom is 0.331 e. The van der Waals surface area contributed by atoms with Gasteiger partial charge < -0.3 is 38.5 Å². The van der Waals surface area contributed by atoms with Crippen LogP contribution in [0.1, 0.15) is 11.1 Å². The molecule has 2 rings (SSSR count). The molecule has 2 aromatic rings. The second-order valence-corrected chi connectivity index (χ2v) is 6.69. The standard InChI is InChI=1S/C24H29NO9/c1-28-17-11-21(32-5)19(30-3)9-15(17)7-8-24(27)34-14-23(26)25-13-16-10-20(31-4)22(33-6)12-18(16)29-2/h7-12H,13-14H2,1-6H3,(H,25,26)/b8-7+. The largest absolute Gasteiger partial charge is 0.496 e. The zero-order valence-corrected chi connectivity index (χ0v) is 20.1. The molecule has 0 radical (unpaired) electrons. The minimum atomic E-state index is -0.698. The first kappa shape index (κ1) is 26.2. The Morgan fingerprint density at radius 3 is 1.76 bits per heavy atom. The predicted molar refractivity (Wildman–Crippen MR) is 124 cm³/mol. The van der Waals surface area contributed by atoms with E-state index in [-0.39, 0.29) is 6.54 Å². The fourth-order valence-electron chi connectivity index (χ4n) is 3.00. The van der Waals surface area contributed by atoms with Gasteiger partial charge in [0.15, 0.2) is 29.6 Å². The number of esters is 1. The number of methoxy groups -OCH3 is 6. The van der Waals surface area contributed by atoms with E-state index in [4.69, 9.17) is 33.2 Å². The summed E-state index contributed by atoms with van der Waals surface area (Å²) in [5.74, 6) is 1.77. The van der Waals surface area contributed by atoms with Crippen molar-refractivity contribution in [2.24, 2.45) is 0 Å². The molecule has 2 aromatic carbocycles. The highest BCUT2D eigenvalue weighted by molar-refractivity contribution is 5.90. The molecule has 10 heteroatoms. The summed E-state index contributed by atoms with van der Waals surface area (Å²) < 4.78 is 36.7. The molecule has 0 unspecified atom stereocenters. The van der Waals surface area contributed by atoms with Gasteiger partial charge in [-0.3, -0.25) is 4.79 Å². The van der Waals surface area contributed by atoms with Gasteiger partial charge in [-0.1, -0.05) is 0 Å². The van der Waals surface area contributed by atoms with Gasteiger partial charge in [0.1, 0.15) is 11.5 Å². The lowest BCUT2D eigenvalue weighted by Gasteiger charge is -2.14. The van der Waals surface area contributed by atoms with E-state index in [1.807, 2.05) is 0 Å². The third-order valence-electron chi connectivity index (χ3n) is 4.74. The molecule has 184 valence electrons. The molecule has 0 saturated heterocycles. The lowest BCUT2D eigenvalue weighted by Crippen LogP contribution is -2.28. The molecule has 0 bridgehead atoms. The third kappa shape index (κ3) is 6.71. The maximum atomic E-state index is 12.2. The van der Waals surface area contributed by atoms with E-state index in [0.29, 0.717) is 45.6 Å². The molecule has 0 atom stereocenters. The van der Waals surface area contributed by atoms with E-state index >= 15 is 0 Å². The average molecular weight is 475 g/mol. The molecule has 0 aliphatic rings. The zero-order valence-electron chi connectivity index (χ0n) is 20.1. The second kappa shape index (κ2) is 12.8. The summed E-state index contributed by atoms with van der Waals surface area (Å²) in [4.78, 5) is 24.3. The van der Waals surface area contributed by atoms with E-state index in [0.717, 1.165) is 0 Å². The van der Waals surface area contributed by atoms with Gasteiger partial charge in [0.2, 0.25) is 0 Å². The lowest BCUT2D eigenvalue weighted by atomic mass is 10.1. The smallest absolute Gasteiger partial charge is 0.331 e. The number of benzene rings is 2. The molecule has 0 aliphatic carbocycles. The van der Waals surface area contributed by atoms with Gasteiger partial charge in [-0.25, -0.2) is 4.79 Å². The molecule has 34 heavy (non-hydrogen) atoms. The summed E-state index contributed by atoms with van der Waals surface area (Å²) in [6, 6.07) is 6.65. The summed E-state index contributed by atoms with van der Waals surface area (Å²) in [6.45, 7) is -0.319. The highest BCUT2D eigenvalue weighted by atomic mass is 16.5. The number of rotatable bonds is 12. The van der Waals surface area contributed by atoms with Crippen molar-refractivity contribution in [1.82, 2.24) is 5.32 Å². The first-order valence-corrected chi connectivity index (χ1v) is 10.1. The van der Waals surface area contributed by atoms with Crippen molar-refractivity contribution in [3.05, 3.63) is 41.5 Å². The lowest BCUT2D eigenvalue weighted by molar-refractivity contribution is -0.143. The van der Waals surface area contributed by atoms with Gasteiger partial charge in [-0.05, 0) is 18.2 Å². The van der Waals surface area contributed by atoms with E-state index in [1.165, 1.54) is 54.8 Å². The number of amides is 1. The van der Waals surface area contributed by atoms with Crippen molar-refractivity contribution in [2.45, 2.75) is 6.54 Å². The average Bonchev–Trinajstić information content (AvgIpc) is 2.87. The Balaban J connectivity index is 1.96. The van der Waals surface area contributed by atoms with Crippen LogP contribution in [0.5, 0.6) is 34.5 Å². The highest BCUT2D eigenvalue weighted by Crippen LogP contribution is 2.35. The van der Waals surface area contributed by atoms with Crippen LogP contribution in [-0.4, -0.2) is 61.1 Å². The van der Waals surface area contributed by atoms with Crippen molar-refractivity contribution in [3.63, 3.8) is 0 Å².